The Labute approximate surface area is 78.1 Å². The van der Waals surface area contributed by atoms with Crippen LogP contribution in [-0.2, 0) is 4.79 Å². The van der Waals surface area contributed by atoms with Crippen molar-refractivity contribution in [2.24, 2.45) is 11.8 Å². The van der Waals surface area contributed by atoms with Crippen LogP contribution in [0.4, 0.5) is 4.39 Å². The van der Waals surface area contributed by atoms with Crippen molar-refractivity contribution < 1.29 is 14.3 Å². The second-order valence-electron chi connectivity index (χ2n) is 4.02. The molecule has 0 saturated heterocycles. The van der Waals surface area contributed by atoms with Gasteiger partial charge < -0.3 is 5.11 Å². The summed E-state index contributed by atoms with van der Waals surface area (Å²) >= 11 is 0. The van der Waals surface area contributed by atoms with Gasteiger partial charge in [0.05, 0.1) is 0 Å². The van der Waals surface area contributed by atoms with Gasteiger partial charge in [-0.15, -0.1) is 0 Å². The molecule has 1 fully saturated rings. The molecule has 0 spiro atoms. The highest BCUT2D eigenvalue weighted by atomic mass is 19.1. The number of alkyl halides is 1. The van der Waals surface area contributed by atoms with Crippen LogP contribution in [-0.4, -0.2) is 17.2 Å². The van der Waals surface area contributed by atoms with Crippen LogP contribution in [0.15, 0.2) is 0 Å². The Morgan fingerprint density at radius 2 is 2.00 bits per heavy atom. The van der Waals surface area contributed by atoms with E-state index < -0.39 is 12.1 Å². The molecule has 0 aromatic rings. The van der Waals surface area contributed by atoms with Crippen molar-refractivity contribution in [2.45, 2.75) is 45.2 Å². The van der Waals surface area contributed by atoms with Crippen LogP contribution in [0.3, 0.4) is 0 Å². The molecule has 0 amide bonds. The van der Waals surface area contributed by atoms with E-state index in [9.17, 15) is 9.18 Å². The van der Waals surface area contributed by atoms with E-state index in [1.54, 1.807) is 0 Å². The second kappa shape index (κ2) is 4.58. The maximum absolute atomic E-state index is 13.2. The average Bonchev–Trinajstić information content (AvgIpc) is 2.28. The van der Waals surface area contributed by atoms with Gasteiger partial charge in [-0.25, -0.2) is 9.18 Å². The highest BCUT2D eigenvalue weighted by Gasteiger charge is 2.32. The quantitative estimate of drug-likeness (QED) is 0.676. The molecule has 3 heteroatoms. The minimum Gasteiger partial charge on any atom is -0.479 e. The Kier molecular flexibility index (Phi) is 3.70. The molecule has 0 aromatic heterocycles. The maximum atomic E-state index is 13.2. The van der Waals surface area contributed by atoms with E-state index in [1.807, 2.05) is 6.92 Å². The zero-order valence-corrected chi connectivity index (χ0v) is 8.00. The van der Waals surface area contributed by atoms with E-state index in [4.69, 9.17) is 5.11 Å². The molecule has 0 radical (unpaired) electrons. The highest BCUT2D eigenvalue weighted by molar-refractivity contribution is 5.72. The summed E-state index contributed by atoms with van der Waals surface area (Å²) in [6, 6.07) is 0. The van der Waals surface area contributed by atoms with E-state index in [-0.39, 0.29) is 11.8 Å². The Morgan fingerprint density at radius 1 is 1.38 bits per heavy atom. The lowest BCUT2D eigenvalue weighted by atomic mass is 9.86. The Bertz CT molecular complexity index is 182. The molecule has 0 aromatic carbocycles. The summed E-state index contributed by atoms with van der Waals surface area (Å²) < 4.78 is 13.2. The number of carboxylic acid groups (broad SMARTS) is 1. The van der Waals surface area contributed by atoms with Crippen LogP contribution >= 0.6 is 0 Å². The van der Waals surface area contributed by atoms with E-state index in [2.05, 4.69) is 0 Å². The predicted molar refractivity (Wildman–Crippen MR) is 48.3 cm³/mol. The van der Waals surface area contributed by atoms with Gasteiger partial charge in [-0.3, -0.25) is 0 Å². The molecule has 0 bridgehead atoms. The molecule has 76 valence electrons. The molecule has 3 unspecified atom stereocenters. The normalized spacial score (nSPS) is 32.2. The average molecular weight is 188 g/mol. The molecule has 1 saturated carbocycles. The monoisotopic (exact) mass is 188 g/mol. The van der Waals surface area contributed by atoms with Crippen molar-refractivity contribution in [3.05, 3.63) is 0 Å². The van der Waals surface area contributed by atoms with Crippen LogP contribution < -0.4 is 0 Å². The third-order valence-corrected chi connectivity index (χ3v) is 3.04. The fourth-order valence-electron chi connectivity index (χ4n) is 2.14. The van der Waals surface area contributed by atoms with Gasteiger partial charge >= 0.3 is 5.97 Å². The summed E-state index contributed by atoms with van der Waals surface area (Å²) in [6.07, 6.45) is 3.25. The van der Waals surface area contributed by atoms with E-state index in [0.29, 0.717) is 0 Å². The van der Waals surface area contributed by atoms with Gasteiger partial charge in [0.15, 0.2) is 6.17 Å². The predicted octanol–water partition coefficient (Wildman–Crippen LogP) is 2.63. The van der Waals surface area contributed by atoms with Gasteiger partial charge in [-0.05, 0) is 12.3 Å². The van der Waals surface area contributed by atoms with Gasteiger partial charge in [-0.2, -0.15) is 0 Å². The molecular formula is C10H17FO2. The van der Waals surface area contributed by atoms with Crippen molar-refractivity contribution >= 4 is 5.97 Å². The van der Waals surface area contributed by atoms with Crippen molar-refractivity contribution in [3.63, 3.8) is 0 Å². The number of carboxylic acids is 1. The topological polar surface area (TPSA) is 37.3 Å². The number of aliphatic carboxylic acids is 1. The zero-order valence-electron chi connectivity index (χ0n) is 8.00. The summed E-state index contributed by atoms with van der Waals surface area (Å²) in [5.74, 6) is -1.34. The summed E-state index contributed by atoms with van der Waals surface area (Å²) in [6.45, 7) is 1.96. The SMILES string of the molecule is CC1CCCCCC1C(F)C(=O)O. The smallest absolute Gasteiger partial charge is 0.338 e. The third-order valence-electron chi connectivity index (χ3n) is 3.04. The standard InChI is InChI=1S/C10H17FO2/c1-7-5-3-2-4-6-8(7)9(11)10(12)13/h7-9H,2-6H2,1H3,(H,12,13). The first-order chi connectivity index (χ1) is 6.13. The highest BCUT2D eigenvalue weighted by Crippen LogP contribution is 2.32. The molecule has 0 heterocycles. The molecule has 1 aliphatic rings. The number of halogens is 1. The first kappa shape index (κ1) is 10.5. The van der Waals surface area contributed by atoms with Crippen LogP contribution in [0.1, 0.15) is 39.0 Å². The zero-order chi connectivity index (χ0) is 9.84. The van der Waals surface area contributed by atoms with Crippen LogP contribution in [0.5, 0.6) is 0 Å². The Hall–Kier alpha value is -0.600. The van der Waals surface area contributed by atoms with Crippen molar-refractivity contribution in [3.8, 4) is 0 Å². The summed E-state index contributed by atoms with van der Waals surface area (Å²) in [7, 11) is 0. The number of carbonyl (C=O) groups is 1. The van der Waals surface area contributed by atoms with E-state index in [0.717, 1.165) is 32.1 Å². The van der Waals surface area contributed by atoms with Crippen LogP contribution in [0, 0.1) is 11.8 Å². The van der Waals surface area contributed by atoms with Gasteiger partial charge in [0.1, 0.15) is 0 Å². The lowest BCUT2D eigenvalue weighted by Gasteiger charge is -2.22. The van der Waals surface area contributed by atoms with Gasteiger partial charge in [0, 0.05) is 5.92 Å². The summed E-state index contributed by atoms with van der Waals surface area (Å²) in [4.78, 5) is 10.5. The van der Waals surface area contributed by atoms with E-state index >= 15 is 0 Å². The van der Waals surface area contributed by atoms with Crippen molar-refractivity contribution in [1.29, 1.82) is 0 Å². The fraction of sp³-hybridized carbons (Fsp3) is 0.900. The Balaban J connectivity index is 2.58. The molecule has 2 nitrogen and oxygen atoms in total. The van der Waals surface area contributed by atoms with Crippen LogP contribution in [0.25, 0.3) is 0 Å². The minimum absolute atomic E-state index is 0.216. The molecule has 1 aliphatic carbocycles. The molecule has 3 atom stereocenters. The van der Waals surface area contributed by atoms with Crippen molar-refractivity contribution in [1.82, 2.24) is 0 Å². The summed E-state index contributed by atoms with van der Waals surface area (Å²) in [5, 5.41) is 8.57. The fourth-order valence-corrected chi connectivity index (χ4v) is 2.14. The molecule has 0 aliphatic heterocycles. The first-order valence-electron chi connectivity index (χ1n) is 5.00. The summed E-state index contributed by atoms with van der Waals surface area (Å²) in [5.41, 5.74) is 0. The number of hydrogen-bond donors (Lipinski definition) is 1. The molecule has 1 rings (SSSR count). The van der Waals surface area contributed by atoms with Crippen molar-refractivity contribution in [2.75, 3.05) is 0 Å². The van der Waals surface area contributed by atoms with E-state index in [1.165, 1.54) is 0 Å². The van der Waals surface area contributed by atoms with Gasteiger partial charge in [0.2, 0.25) is 0 Å². The number of hydrogen-bond acceptors (Lipinski definition) is 1. The lowest BCUT2D eigenvalue weighted by molar-refractivity contribution is -0.145. The molecule has 13 heavy (non-hydrogen) atoms. The number of rotatable bonds is 2. The largest absolute Gasteiger partial charge is 0.479 e. The second-order valence-corrected chi connectivity index (χ2v) is 4.02. The van der Waals surface area contributed by atoms with Gasteiger partial charge in [0.25, 0.3) is 0 Å². The third kappa shape index (κ3) is 2.68. The molecule has 1 N–H and O–H groups in total. The first-order valence-corrected chi connectivity index (χ1v) is 5.00. The molecular weight excluding hydrogens is 171 g/mol. The lowest BCUT2D eigenvalue weighted by Crippen LogP contribution is -2.29. The Morgan fingerprint density at radius 3 is 2.62 bits per heavy atom. The van der Waals surface area contributed by atoms with Gasteiger partial charge in [-0.1, -0.05) is 32.6 Å². The minimum atomic E-state index is -1.66. The maximum Gasteiger partial charge on any atom is 0.338 e. The van der Waals surface area contributed by atoms with Crippen LogP contribution in [0.2, 0.25) is 0 Å².